The van der Waals surface area contributed by atoms with E-state index < -0.39 is 0 Å². The smallest absolute Gasteiger partial charge is 0.0640 e. The molecule has 1 heterocycles. The molecule has 1 N–H and O–H groups in total. The van der Waals surface area contributed by atoms with Gasteiger partial charge in [0, 0.05) is 5.54 Å². The topological polar surface area (TPSA) is 12.0 Å². The van der Waals surface area contributed by atoms with Crippen LogP contribution < -0.4 is 5.32 Å². The van der Waals surface area contributed by atoms with Crippen LogP contribution in [0.1, 0.15) is 39.7 Å². The first kappa shape index (κ1) is 10.8. The Morgan fingerprint density at radius 2 is 1.87 bits per heavy atom. The molecule has 1 aromatic rings. The average molecular weight is 224 g/mol. The monoisotopic (exact) mass is 223 g/mol. The molecule has 2 heteroatoms. The van der Waals surface area contributed by atoms with Gasteiger partial charge < -0.3 is 5.32 Å². The molecule has 82 valence electrons. The molecule has 0 aromatic heterocycles. The van der Waals surface area contributed by atoms with Crippen LogP contribution in [0.2, 0.25) is 5.02 Å². The van der Waals surface area contributed by atoms with Gasteiger partial charge in [-0.25, -0.2) is 0 Å². The van der Waals surface area contributed by atoms with Crippen LogP contribution in [0.3, 0.4) is 0 Å². The number of hydrogen-bond donors (Lipinski definition) is 1. The number of nitrogens with one attached hydrogen (secondary N) is 1. The normalized spacial score (nSPS) is 21.7. The van der Waals surface area contributed by atoms with Crippen LogP contribution in [0.15, 0.2) is 18.2 Å². The number of hydrogen-bond acceptors (Lipinski definition) is 1. The Kier molecular flexibility index (Phi) is 2.27. The largest absolute Gasteiger partial charge is 0.379 e. The predicted octanol–water partition coefficient (Wildman–Crippen LogP) is 4.21. The Morgan fingerprint density at radius 3 is 2.53 bits per heavy atom. The summed E-state index contributed by atoms with van der Waals surface area (Å²) in [5, 5.41) is 4.36. The molecule has 0 fully saturated rings. The van der Waals surface area contributed by atoms with Crippen molar-refractivity contribution in [1.29, 1.82) is 0 Å². The highest BCUT2D eigenvalue weighted by atomic mass is 35.5. The molecule has 0 saturated carbocycles. The molecule has 0 saturated heterocycles. The summed E-state index contributed by atoms with van der Waals surface area (Å²) in [5.41, 5.74) is 2.74. The number of anilines is 1. The average Bonchev–Trinajstić information content (AvgIpc) is 2.04. The predicted molar refractivity (Wildman–Crippen MR) is 66.8 cm³/mol. The van der Waals surface area contributed by atoms with Gasteiger partial charge in [-0.05, 0) is 37.3 Å². The van der Waals surface area contributed by atoms with Gasteiger partial charge in [0.2, 0.25) is 0 Å². The molecule has 2 rings (SSSR count). The van der Waals surface area contributed by atoms with Crippen molar-refractivity contribution in [2.75, 3.05) is 5.32 Å². The van der Waals surface area contributed by atoms with Gasteiger partial charge in [-0.3, -0.25) is 0 Å². The van der Waals surface area contributed by atoms with E-state index in [-0.39, 0.29) is 11.0 Å². The van der Waals surface area contributed by atoms with Crippen molar-refractivity contribution in [3.63, 3.8) is 0 Å². The van der Waals surface area contributed by atoms with Gasteiger partial charge >= 0.3 is 0 Å². The molecule has 0 atom stereocenters. The molecule has 1 aliphatic rings. The fourth-order valence-corrected chi connectivity index (χ4v) is 3.02. The Labute approximate surface area is 96.8 Å². The van der Waals surface area contributed by atoms with E-state index in [2.05, 4.69) is 39.1 Å². The van der Waals surface area contributed by atoms with Gasteiger partial charge in [0.1, 0.15) is 0 Å². The van der Waals surface area contributed by atoms with Gasteiger partial charge in [0.15, 0.2) is 0 Å². The van der Waals surface area contributed by atoms with Crippen molar-refractivity contribution >= 4 is 17.3 Å². The molecule has 0 unspecified atom stereocenters. The summed E-state index contributed by atoms with van der Waals surface area (Å²) in [7, 11) is 0. The molecule has 0 radical (unpaired) electrons. The molecule has 15 heavy (non-hydrogen) atoms. The molecule has 1 aliphatic heterocycles. The van der Waals surface area contributed by atoms with Crippen LogP contribution in [0.5, 0.6) is 0 Å². The Morgan fingerprint density at radius 1 is 1.20 bits per heavy atom. The molecule has 0 bridgehead atoms. The minimum Gasteiger partial charge on any atom is -0.379 e. The standard InChI is InChI=1S/C13H18ClN/c1-12(2)8-13(3,4)15-11-9(12)6-5-7-10(11)14/h5-7,15H,8H2,1-4H3. The third kappa shape index (κ3) is 1.85. The van der Waals surface area contributed by atoms with E-state index in [1.54, 1.807) is 0 Å². The summed E-state index contributed by atoms with van der Waals surface area (Å²) in [4.78, 5) is 0. The van der Waals surface area contributed by atoms with Crippen LogP contribution in [-0.2, 0) is 5.41 Å². The highest BCUT2D eigenvalue weighted by Crippen LogP contribution is 2.45. The van der Waals surface area contributed by atoms with E-state index in [9.17, 15) is 0 Å². The van der Waals surface area contributed by atoms with Crippen molar-refractivity contribution in [3.8, 4) is 0 Å². The van der Waals surface area contributed by atoms with Crippen LogP contribution in [-0.4, -0.2) is 5.54 Å². The summed E-state index contributed by atoms with van der Waals surface area (Å²) in [6, 6.07) is 6.15. The van der Waals surface area contributed by atoms with Crippen molar-refractivity contribution in [3.05, 3.63) is 28.8 Å². The summed E-state index contributed by atoms with van der Waals surface area (Å²) < 4.78 is 0. The third-order valence-corrected chi connectivity index (χ3v) is 3.40. The second-order valence-electron chi connectivity index (χ2n) is 5.73. The van der Waals surface area contributed by atoms with Gasteiger partial charge in [-0.15, -0.1) is 0 Å². The summed E-state index contributed by atoms with van der Waals surface area (Å²) >= 11 is 6.23. The maximum Gasteiger partial charge on any atom is 0.0640 e. The van der Waals surface area contributed by atoms with E-state index in [0.717, 1.165) is 17.1 Å². The zero-order chi connectivity index (χ0) is 11.3. The van der Waals surface area contributed by atoms with Crippen LogP contribution >= 0.6 is 11.6 Å². The van der Waals surface area contributed by atoms with Gasteiger partial charge in [0.05, 0.1) is 10.7 Å². The zero-order valence-electron chi connectivity index (χ0n) is 9.82. The summed E-state index contributed by atoms with van der Waals surface area (Å²) in [5.74, 6) is 0. The molecular weight excluding hydrogens is 206 g/mol. The maximum absolute atomic E-state index is 6.23. The van der Waals surface area contributed by atoms with Crippen LogP contribution in [0.4, 0.5) is 5.69 Å². The highest BCUT2D eigenvalue weighted by Gasteiger charge is 2.37. The second kappa shape index (κ2) is 3.15. The first-order valence-electron chi connectivity index (χ1n) is 5.39. The van der Waals surface area contributed by atoms with E-state index in [4.69, 9.17) is 11.6 Å². The first-order valence-corrected chi connectivity index (χ1v) is 5.77. The van der Waals surface area contributed by atoms with Crippen molar-refractivity contribution < 1.29 is 0 Å². The molecule has 0 aliphatic carbocycles. The molecule has 1 nitrogen and oxygen atoms in total. The van der Waals surface area contributed by atoms with Crippen LogP contribution in [0, 0.1) is 0 Å². The van der Waals surface area contributed by atoms with Gasteiger partial charge in [-0.1, -0.05) is 37.6 Å². The lowest BCUT2D eigenvalue weighted by Crippen LogP contribution is -2.43. The second-order valence-corrected chi connectivity index (χ2v) is 6.14. The SMILES string of the molecule is CC1(C)CC(C)(C)c2cccc(Cl)c2N1. The molecular formula is C13H18ClN. The van der Waals surface area contributed by atoms with Crippen molar-refractivity contribution in [2.24, 2.45) is 0 Å². The minimum atomic E-state index is 0.113. The van der Waals surface area contributed by atoms with Crippen molar-refractivity contribution in [1.82, 2.24) is 0 Å². The van der Waals surface area contributed by atoms with E-state index >= 15 is 0 Å². The molecule has 0 amide bonds. The van der Waals surface area contributed by atoms with E-state index in [0.29, 0.717) is 0 Å². The molecule has 1 aromatic carbocycles. The lowest BCUT2D eigenvalue weighted by molar-refractivity contribution is 0.355. The summed E-state index contributed by atoms with van der Waals surface area (Å²) in [6.07, 6.45) is 1.12. The molecule has 0 spiro atoms. The minimum absolute atomic E-state index is 0.113. The third-order valence-electron chi connectivity index (χ3n) is 3.09. The van der Waals surface area contributed by atoms with Crippen molar-refractivity contribution in [2.45, 2.75) is 45.1 Å². The van der Waals surface area contributed by atoms with E-state index in [1.165, 1.54) is 5.56 Å². The number of para-hydroxylation sites is 1. The lowest BCUT2D eigenvalue weighted by atomic mass is 9.71. The van der Waals surface area contributed by atoms with Gasteiger partial charge in [0.25, 0.3) is 0 Å². The first-order chi connectivity index (χ1) is 6.82. The number of rotatable bonds is 0. The number of benzene rings is 1. The Balaban J connectivity index is 2.60. The van der Waals surface area contributed by atoms with Gasteiger partial charge in [-0.2, -0.15) is 0 Å². The fourth-order valence-electron chi connectivity index (χ4n) is 2.80. The maximum atomic E-state index is 6.23. The Bertz CT molecular complexity index is 394. The van der Waals surface area contributed by atoms with Crippen LogP contribution in [0.25, 0.3) is 0 Å². The number of fused-ring (bicyclic) bond motifs is 1. The van der Waals surface area contributed by atoms with E-state index in [1.807, 2.05) is 12.1 Å². The number of halogens is 1. The lowest BCUT2D eigenvalue weighted by Gasteiger charge is -2.43. The zero-order valence-corrected chi connectivity index (χ0v) is 10.6. The Hall–Kier alpha value is -0.690. The fraction of sp³-hybridized carbons (Fsp3) is 0.538. The summed E-state index contributed by atoms with van der Waals surface area (Å²) in [6.45, 7) is 9.01. The highest BCUT2D eigenvalue weighted by molar-refractivity contribution is 6.33. The quantitative estimate of drug-likeness (QED) is 0.695.